The van der Waals surface area contributed by atoms with Gasteiger partial charge in [-0.05, 0) is 38.5 Å². The van der Waals surface area contributed by atoms with Crippen molar-refractivity contribution in [1.82, 2.24) is 10.3 Å². The van der Waals surface area contributed by atoms with Gasteiger partial charge >= 0.3 is 12.1 Å². The maximum atomic E-state index is 11.9. The molecule has 2 aromatic rings. The third-order valence-corrected chi connectivity index (χ3v) is 4.22. The number of methoxy groups -OCH3 is 1. The average molecular weight is 377 g/mol. The highest BCUT2D eigenvalue weighted by Gasteiger charge is 2.25. The summed E-state index contributed by atoms with van der Waals surface area (Å²) < 4.78 is 11.2. The lowest BCUT2D eigenvalue weighted by atomic mass is 10.0. The van der Waals surface area contributed by atoms with Crippen LogP contribution in [0.4, 0.5) is 4.79 Å². The van der Waals surface area contributed by atoms with Crippen LogP contribution < -0.4 is 10.1 Å². The van der Waals surface area contributed by atoms with Crippen LogP contribution in [0.5, 0.6) is 5.75 Å². The maximum absolute atomic E-state index is 11.9. The summed E-state index contributed by atoms with van der Waals surface area (Å²) in [6.07, 6.45) is -0.835. The number of fused-ring (bicyclic) bond motifs is 1. The van der Waals surface area contributed by atoms with Crippen molar-refractivity contribution in [2.45, 2.75) is 38.8 Å². The zero-order valence-electron chi connectivity index (χ0n) is 14.8. The van der Waals surface area contributed by atoms with Gasteiger partial charge in [0, 0.05) is 6.42 Å². The summed E-state index contributed by atoms with van der Waals surface area (Å²) in [4.78, 5) is 27.6. The van der Waals surface area contributed by atoms with Crippen LogP contribution in [0.1, 0.15) is 31.3 Å². The van der Waals surface area contributed by atoms with Gasteiger partial charge in [-0.15, -0.1) is 11.3 Å². The van der Waals surface area contributed by atoms with E-state index in [0.29, 0.717) is 21.8 Å². The molecule has 0 bridgehead atoms. The number of carboxylic acid groups (broad SMARTS) is 1. The Labute approximate surface area is 154 Å². The van der Waals surface area contributed by atoms with Crippen molar-refractivity contribution >= 4 is 33.6 Å². The molecule has 138 valence electrons. The zero-order valence-corrected chi connectivity index (χ0v) is 15.6. The molecule has 1 amide bonds. The average Bonchev–Trinajstić information content (AvgIpc) is 2.93. The van der Waals surface area contributed by atoms with E-state index in [2.05, 4.69) is 10.3 Å². The molecule has 0 unspecified atom stereocenters. The van der Waals surface area contributed by atoms with E-state index in [0.717, 1.165) is 4.70 Å². The molecule has 1 atom stereocenters. The quantitative estimate of drug-likeness (QED) is 0.821. The Balaban J connectivity index is 2.28. The molecule has 0 spiro atoms. The van der Waals surface area contributed by atoms with Crippen LogP contribution in [0, 0.1) is 11.3 Å². The second-order valence-corrected chi connectivity index (χ2v) is 7.53. The molecule has 1 aromatic heterocycles. The number of nitrogens with one attached hydrogen (secondary N) is 1. The Hall–Kier alpha value is -2.86. The first-order valence-corrected chi connectivity index (χ1v) is 8.54. The van der Waals surface area contributed by atoms with Gasteiger partial charge in [-0.1, -0.05) is 0 Å². The molecule has 8 nitrogen and oxygen atoms in total. The highest BCUT2D eigenvalue weighted by Crippen LogP contribution is 2.30. The van der Waals surface area contributed by atoms with E-state index in [1.54, 1.807) is 32.9 Å². The van der Waals surface area contributed by atoms with E-state index in [1.807, 2.05) is 6.07 Å². The summed E-state index contributed by atoms with van der Waals surface area (Å²) in [5.74, 6) is -0.739. The number of rotatable bonds is 5. The first kappa shape index (κ1) is 19.5. The Bertz CT molecular complexity index is 879. The highest BCUT2D eigenvalue weighted by molar-refractivity contribution is 7.19. The van der Waals surface area contributed by atoms with Crippen LogP contribution in [-0.2, 0) is 16.0 Å². The van der Waals surface area contributed by atoms with Crippen LogP contribution >= 0.6 is 11.3 Å². The third-order valence-electron chi connectivity index (χ3n) is 3.30. The predicted molar refractivity (Wildman–Crippen MR) is 95.4 cm³/mol. The molecular formula is C17H19N3O5S. The zero-order chi connectivity index (χ0) is 19.5. The van der Waals surface area contributed by atoms with Crippen molar-refractivity contribution in [3.63, 3.8) is 0 Å². The van der Waals surface area contributed by atoms with Gasteiger partial charge in [0.25, 0.3) is 0 Å². The number of nitrogens with zero attached hydrogens (tertiary/aromatic N) is 2. The Morgan fingerprint density at radius 1 is 1.42 bits per heavy atom. The van der Waals surface area contributed by atoms with Gasteiger partial charge in [-0.25, -0.2) is 14.6 Å². The van der Waals surface area contributed by atoms with Gasteiger partial charge in [-0.3, -0.25) is 0 Å². The third kappa shape index (κ3) is 4.83. The maximum Gasteiger partial charge on any atom is 0.408 e. The van der Waals surface area contributed by atoms with Crippen molar-refractivity contribution < 1.29 is 24.2 Å². The summed E-state index contributed by atoms with van der Waals surface area (Å²) in [5, 5.41) is 21.1. The smallest absolute Gasteiger partial charge is 0.408 e. The largest absolute Gasteiger partial charge is 0.496 e. The number of aromatic nitrogens is 1. The van der Waals surface area contributed by atoms with E-state index in [9.17, 15) is 14.7 Å². The molecule has 26 heavy (non-hydrogen) atoms. The number of thiazole rings is 1. The molecular weight excluding hydrogens is 358 g/mol. The fraction of sp³-hybridized carbons (Fsp3) is 0.412. The van der Waals surface area contributed by atoms with Crippen LogP contribution in [0.25, 0.3) is 10.2 Å². The number of carbonyl (C=O) groups excluding carboxylic acids is 1. The van der Waals surface area contributed by atoms with Crippen LogP contribution in [0.15, 0.2) is 12.1 Å². The van der Waals surface area contributed by atoms with Crippen LogP contribution in [0.2, 0.25) is 0 Å². The van der Waals surface area contributed by atoms with Crippen molar-refractivity contribution in [2.24, 2.45) is 0 Å². The Morgan fingerprint density at radius 2 is 2.12 bits per heavy atom. The highest BCUT2D eigenvalue weighted by atomic mass is 32.1. The normalized spacial score (nSPS) is 12.3. The minimum atomic E-state index is -1.20. The van der Waals surface area contributed by atoms with Gasteiger partial charge in [-0.2, -0.15) is 5.26 Å². The molecule has 1 aromatic carbocycles. The molecule has 0 radical (unpaired) electrons. The van der Waals surface area contributed by atoms with E-state index in [4.69, 9.17) is 14.7 Å². The summed E-state index contributed by atoms with van der Waals surface area (Å²) in [7, 11) is 1.47. The Kier molecular flexibility index (Phi) is 5.67. The number of hydrogen-bond acceptors (Lipinski definition) is 7. The molecule has 0 saturated carbocycles. The fourth-order valence-corrected chi connectivity index (χ4v) is 3.04. The number of ether oxygens (including phenoxy) is 2. The van der Waals surface area contributed by atoms with Crippen molar-refractivity contribution in [3.05, 3.63) is 22.7 Å². The van der Waals surface area contributed by atoms with Gasteiger partial charge in [0.05, 0.1) is 17.3 Å². The minimum absolute atomic E-state index is 0.0207. The monoisotopic (exact) mass is 377 g/mol. The topological polar surface area (TPSA) is 122 Å². The molecule has 2 N–H and O–H groups in total. The minimum Gasteiger partial charge on any atom is -0.496 e. The van der Waals surface area contributed by atoms with Gasteiger partial charge < -0.3 is 19.9 Å². The number of alkyl carbamates (subject to hydrolysis) is 1. The number of carbonyl (C=O) groups is 2. The molecule has 0 fully saturated rings. The number of benzene rings is 1. The van der Waals surface area contributed by atoms with Crippen molar-refractivity contribution in [1.29, 1.82) is 5.26 Å². The molecule has 2 rings (SSSR count). The first-order chi connectivity index (χ1) is 12.1. The summed E-state index contributed by atoms with van der Waals surface area (Å²) >= 11 is 1.22. The lowest BCUT2D eigenvalue weighted by Crippen LogP contribution is -2.44. The SMILES string of the molecule is COc1cc2sc(C#N)nc2cc1C[C@H](NC(=O)OC(C)(C)C)C(=O)O. The lowest BCUT2D eigenvalue weighted by Gasteiger charge is -2.22. The molecule has 0 aliphatic rings. The molecule has 0 aliphatic heterocycles. The molecule has 1 heterocycles. The standard InChI is InChI=1S/C17H19N3O5S/c1-17(2,3)25-16(23)20-11(15(21)22)6-9-5-10-13(7-12(9)24-4)26-14(8-18)19-10/h5,7,11H,6H2,1-4H3,(H,20,23)(H,21,22)/t11-/m0/s1. The van der Waals surface area contributed by atoms with Gasteiger partial charge in [0.15, 0.2) is 5.01 Å². The Morgan fingerprint density at radius 3 is 2.65 bits per heavy atom. The number of hydrogen-bond donors (Lipinski definition) is 2. The van der Waals surface area contributed by atoms with E-state index >= 15 is 0 Å². The molecule has 9 heteroatoms. The van der Waals surface area contributed by atoms with Gasteiger partial charge in [0.1, 0.15) is 23.5 Å². The summed E-state index contributed by atoms with van der Waals surface area (Å²) in [6.45, 7) is 5.07. The predicted octanol–water partition coefficient (Wildman–Crippen LogP) is 2.70. The van der Waals surface area contributed by atoms with Crippen molar-refractivity contribution in [3.8, 4) is 11.8 Å². The number of carboxylic acids is 1. The second-order valence-electron chi connectivity index (χ2n) is 6.50. The van der Waals surface area contributed by atoms with E-state index < -0.39 is 23.7 Å². The van der Waals surface area contributed by atoms with Crippen molar-refractivity contribution in [2.75, 3.05) is 7.11 Å². The van der Waals surface area contributed by atoms with E-state index in [-0.39, 0.29) is 6.42 Å². The molecule has 0 aliphatic carbocycles. The number of nitriles is 1. The lowest BCUT2D eigenvalue weighted by molar-refractivity contribution is -0.139. The summed E-state index contributed by atoms with van der Waals surface area (Å²) in [5.41, 5.74) is 0.389. The molecule has 0 saturated heterocycles. The second kappa shape index (κ2) is 7.58. The fourth-order valence-electron chi connectivity index (χ4n) is 2.27. The van der Waals surface area contributed by atoms with E-state index in [1.165, 1.54) is 18.4 Å². The first-order valence-electron chi connectivity index (χ1n) is 7.73. The number of aliphatic carboxylic acids is 1. The summed E-state index contributed by atoms with van der Waals surface area (Å²) in [6, 6.07) is 4.14. The van der Waals surface area contributed by atoms with Crippen LogP contribution in [0.3, 0.4) is 0 Å². The number of amides is 1. The van der Waals surface area contributed by atoms with Crippen LogP contribution in [-0.4, -0.2) is 40.9 Å². The van der Waals surface area contributed by atoms with Gasteiger partial charge in [0.2, 0.25) is 0 Å².